The maximum atomic E-state index is 12.2. The lowest BCUT2D eigenvalue weighted by atomic mass is 10.2. The van der Waals surface area contributed by atoms with Gasteiger partial charge in [0.05, 0.1) is 0 Å². The van der Waals surface area contributed by atoms with Crippen molar-refractivity contribution in [2.24, 2.45) is 0 Å². The number of amides is 3. The Labute approximate surface area is 145 Å². The van der Waals surface area contributed by atoms with E-state index in [4.69, 9.17) is 0 Å². The van der Waals surface area contributed by atoms with Crippen LogP contribution in [0.2, 0.25) is 0 Å². The molecule has 6 nitrogen and oxygen atoms in total. The van der Waals surface area contributed by atoms with E-state index in [2.05, 4.69) is 26.6 Å². The highest BCUT2D eigenvalue weighted by atomic mass is 16.2. The molecule has 0 saturated heterocycles. The summed E-state index contributed by atoms with van der Waals surface area (Å²) in [7, 11) is 1.55. The highest BCUT2D eigenvalue weighted by Gasteiger charge is 2.06. The van der Waals surface area contributed by atoms with Crippen molar-refractivity contribution in [2.45, 2.75) is 13.0 Å². The molecule has 3 amide bonds. The lowest BCUT2D eigenvalue weighted by Crippen LogP contribution is -2.24. The van der Waals surface area contributed by atoms with Crippen molar-refractivity contribution in [3.63, 3.8) is 0 Å². The van der Waals surface area contributed by atoms with Crippen LogP contribution in [0.3, 0.4) is 0 Å². The summed E-state index contributed by atoms with van der Waals surface area (Å²) in [4.78, 5) is 23.6. The summed E-state index contributed by atoms with van der Waals surface area (Å²) in [6.07, 6.45) is 2.36. The van der Waals surface area contributed by atoms with Crippen LogP contribution >= 0.6 is 0 Å². The summed E-state index contributed by atoms with van der Waals surface area (Å²) in [5, 5.41) is 9.18. The highest BCUT2D eigenvalue weighted by Crippen LogP contribution is 2.17. The Hall–Kier alpha value is -3.28. The molecule has 3 N–H and O–H groups in total. The van der Waals surface area contributed by atoms with E-state index in [1.54, 1.807) is 31.3 Å². The normalized spacial score (nSPS) is 10.4. The van der Waals surface area contributed by atoms with Crippen LogP contribution < -0.4 is 16.0 Å². The first kappa shape index (κ1) is 16.6. The van der Waals surface area contributed by atoms with Crippen molar-refractivity contribution < 1.29 is 9.59 Å². The van der Waals surface area contributed by atoms with Crippen LogP contribution in [0.15, 0.2) is 60.8 Å². The van der Waals surface area contributed by atoms with Gasteiger partial charge in [-0.2, -0.15) is 0 Å². The number of carbonyl (C=O) groups excluding carboxylic acids is 2. The molecule has 0 aliphatic rings. The molecule has 0 fully saturated rings. The van der Waals surface area contributed by atoms with Crippen LogP contribution in [0.4, 0.5) is 16.2 Å². The van der Waals surface area contributed by atoms with Crippen LogP contribution in [0, 0.1) is 0 Å². The molecule has 0 spiro atoms. The molecular formula is C19H20N4O2. The van der Waals surface area contributed by atoms with Gasteiger partial charge in [0.2, 0.25) is 5.91 Å². The zero-order chi connectivity index (χ0) is 17.6. The summed E-state index contributed by atoms with van der Waals surface area (Å²) in [6.45, 7) is 0.607. The van der Waals surface area contributed by atoms with Crippen LogP contribution in [0.1, 0.15) is 6.42 Å². The molecule has 128 valence electrons. The molecule has 1 heterocycles. The van der Waals surface area contributed by atoms with Crippen molar-refractivity contribution in [1.82, 2.24) is 9.88 Å². The maximum Gasteiger partial charge on any atom is 0.318 e. The van der Waals surface area contributed by atoms with Crippen molar-refractivity contribution >= 4 is 34.2 Å². The number of aromatic nitrogens is 1. The van der Waals surface area contributed by atoms with Gasteiger partial charge in [-0.05, 0) is 35.7 Å². The number of hydrogen-bond donors (Lipinski definition) is 3. The summed E-state index contributed by atoms with van der Waals surface area (Å²) < 4.78 is 2.07. The third-order valence-electron chi connectivity index (χ3n) is 3.89. The molecule has 0 saturated carbocycles. The van der Waals surface area contributed by atoms with Gasteiger partial charge in [-0.25, -0.2) is 4.79 Å². The maximum absolute atomic E-state index is 12.2. The van der Waals surface area contributed by atoms with Crippen molar-refractivity contribution in [1.29, 1.82) is 0 Å². The molecule has 0 atom stereocenters. The molecular weight excluding hydrogens is 316 g/mol. The second-order valence-corrected chi connectivity index (χ2v) is 5.65. The summed E-state index contributed by atoms with van der Waals surface area (Å²) in [5.74, 6) is -0.0742. The van der Waals surface area contributed by atoms with E-state index in [0.717, 1.165) is 10.9 Å². The van der Waals surface area contributed by atoms with Crippen molar-refractivity contribution in [3.05, 3.63) is 60.8 Å². The van der Waals surface area contributed by atoms with Gasteiger partial charge in [0.15, 0.2) is 0 Å². The fraction of sp³-hybridized carbons (Fsp3) is 0.158. The molecule has 1 aromatic heterocycles. The highest BCUT2D eigenvalue weighted by molar-refractivity contribution is 5.93. The largest absolute Gasteiger partial charge is 0.347 e. The van der Waals surface area contributed by atoms with E-state index < -0.39 is 0 Å². The minimum atomic E-state index is -0.303. The first-order valence-electron chi connectivity index (χ1n) is 8.08. The number of nitrogens with one attached hydrogen (secondary N) is 3. The number of rotatable bonds is 5. The van der Waals surface area contributed by atoms with Crippen LogP contribution in [-0.2, 0) is 11.3 Å². The monoisotopic (exact) mass is 336 g/mol. The Morgan fingerprint density at radius 1 is 0.960 bits per heavy atom. The number of aryl methyl sites for hydroxylation is 1. The van der Waals surface area contributed by atoms with Gasteiger partial charge in [-0.1, -0.05) is 24.3 Å². The Morgan fingerprint density at radius 2 is 1.72 bits per heavy atom. The van der Waals surface area contributed by atoms with E-state index in [1.807, 2.05) is 30.5 Å². The van der Waals surface area contributed by atoms with Crippen molar-refractivity contribution in [2.75, 3.05) is 17.7 Å². The number of carbonyl (C=O) groups is 2. The van der Waals surface area contributed by atoms with E-state index in [0.29, 0.717) is 24.3 Å². The lowest BCUT2D eigenvalue weighted by Gasteiger charge is -2.09. The predicted molar refractivity (Wildman–Crippen MR) is 99.7 cm³/mol. The van der Waals surface area contributed by atoms with Gasteiger partial charge in [0, 0.05) is 43.1 Å². The topological polar surface area (TPSA) is 75.2 Å². The number of nitrogens with zero attached hydrogens (tertiary/aromatic N) is 1. The van der Waals surface area contributed by atoms with E-state index in [9.17, 15) is 9.59 Å². The molecule has 0 aliphatic carbocycles. The molecule has 2 aromatic carbocycles. The Balaban J connectivity index is 1.59. The first-order valence-corrected chi connectivity index (χ1v) is 8.08. The average Bonchev–Trinajstić information content (AvgIpc) is 3.03. The second kappa shape index (κ2) is 7.53. The molecule has 0 aliphatic heterocycles. The third kappa shape index (κ3) is 4.17. The predicted octanol–water partition coefficient (Wildman–Crippen LogP) is 3.42. The zero-order valence-electron chi connectivity index (χ0n) is 14.0. The minimum Gasteiger partial charge on any atom is -0.347 e. The molecule has 3 aromatic rings. The van der Waals surface area contributed by atoms with Crippen LogP contribution in [0.5, 0.6) is 0 Å². The second-order valence-electron chi connectivity index (χ2n) is 5.65. The number of para-hydroxylation sites is 1. The Morgan fingerprint density at radius 3 is 2.52 bits per heavy atom. The van der Waals surface area contributed by atoms with E-state index in [1.165, 1.54) is 0 Å². The van der Waals surface area contributed by atoms with Crippen molar-refractivity contribution in [3.8, 4) is 0 Å². The third-order valence-corrected chi connectivity index (χ3v) is 3.89. The smallest absolute Gasteiger partial charge is 0.318 e. The van der Waals surface area contributed by atoms with E-state index >= 15 is 0 Å². The number of hydrogen-bond acceptors (Lipinski definition) is 2. The summed E-state index contributed by atoms with van der Waals surface area (Å²) >= 11 is 0. The number of fused-ring (bicyclic) bond motifs is 1. The average molecular weight is 336 g/mol. The first-order chi connectivity index (χ1) is 12.2. The SMILES string of the molecule is CNC(=O)Nc1cccc(NC(=O)CCn2ccc3ccccc32)c1. The minimum absolute atomic E-state index is 0.0742. The molecule has 0 radical (unpaired) electrons. The molecule has 6 heteroatoms. The Bertz CT molecular complexity index is 901. The van der Waals surface area contributed by atoms with Gasteiger partial charge in [-0.15, -0.1) is 0 Å². The zero-order valence-corrected chi connectivity index (χ0v) is 14.0. The van der Waals surface area contributed by atoms with Crippen LogP contribution in [-0.4, -0.2) is 23.6 Å². The van der Waals surface area contributed by atoms with Gasteiger partial charge >= 0.3 is 6.03 Å². The van der Waals surface area contributed by atoms with Gasteiger partial charge in [-0.3, -0.25) is 4.79 Å². The quantitative estimate of drug-likeness (QED) is 0.668. The number of urea groups is 1. The fourth-order valence-corrected chi connectivity index (χ4v) is 2.65. The van der Waals surface area contributed by atoms with Gasteiger partial charge in [0.1, 0.15) is 0 Å². The van der Waals surface area contributed by atoms with E-state index in [-0.39, 0.29) is 11.9 Å². The fourth-order valence-electron chi connectivity index (χ4n) is 2.65. The van der Waals surface area contributed by atoms with Gasteiger partial charge in [0.25, 0.3) is 0 Å². The molecule has 0 bridgehead atoms. The molecule has 0 unspecified atom stereocenters. The standard InChI is InChI=1S/C19H20N4O2/c1-20-19(25)22-16-7-4-6-15(13-16)21-18(24)10-12-23-11-9-14-5-2-3-8-17(14)23/h2-9,11,13H,10,12H2,1H3,(H,21,24)(H2,20,22,25). The number of anilines is 2. The molecule has 3 rings (SSSR count). The molecule has 25 heavy (non-hydrogen) atoms. The summed E-state index contributed by atoms with van der Waals surface area (Å²) in [5.41, 5.74) is 2.39. The van der Waals surface area contributed by atoms with Gasteiger partial charge < -0.3 is 20.5 Å². The Kier molecular flexibility index (Phi) is 4.99. The van der Waals surface area contributed by atoms with Crippen LogP contribution in [0.25, 0.3) is 10.9 Å². The number of benzene rings is 2. The lowest BCUT2D eigenvalue weighted by molar-refractivity contribution is -0.116. The summed E-state index contributed by atoms with van der Waals surface area (Å²) in [6, 6.07) is 16.9.